The van der Waals surface area contributed by atoms with Gasteiger partial charge in [0.2, 0.25) is 10.0 Å². The minimum absolute atomic E-state index is 0.565. The van der Waals surface area contributed by atoms with E-state index >= 15 is 0 Å². The summed E-state index contributed by atoms with van der Waals surface area (Å²) in [5.74, 6) is -4.96. The van der Waals surface area contributed by atoms with Crippen LogP contribution in [0, 0.1) is 17.5 Å². The Morgan fingerprint density at radius 1 is 1.06 bits per heavy atom. The van der Waals surface area contributed by atoms with E-state index in [2.05, 4.69) is 4.72 Å². The standard InChI is InChI=1S/C10H12F3NO2S/c1-10(2,3)14-17(15,16)7-5-4-6(11)8(12)9(7)13/h4-5,14H,1-3H3. The van der Waals surface area contributed by atoms with Crippen LogP contribution in [-0.2, 0) is 10.0 Å². The van der Waals surface area contributed by atoms with Crippen molar-refractivity contribution in [2.75, 3.05) is 0 Å². The fraction of sp³-hybridized carbons (Fsp3) is 0.400. The SMILES string of the molecule is CC(C)(C)NS(=O)(=O)c1ccc(F)c(F)c1F. The molecular formula is C10H12F3NO2S. The number of nitrogens with one attached hydrogen (secondary N) is 1. The molecule has 0 spiro atoms. The number of sulfonamides is 1. The number of halogens is 3. The van der Waals surface area contributed by atoms with Gasteiger partial charge in [-0.3, -0.25) is 0 Å². The van der Waals surface area contributed by atoms with Gasteiger partial charge in [0.25, 0.3) is 0 Å². The Morgan fingerprint density at radius 3 is 2.06 bits per heavy atom. The average molecular weight is 267 g/mol. The maximum absolute atomic E-state index is 13.3. The molecule has 0 aliphatic rings. The summed E-state index contributed by atoms with van der Waals surface area (Å²) in [7, 11) is -4.22. The molecule has 1 aromatic carbocycles. The molecule has 1 N–H and O–H groups in total. The zero-order valence-electron chi connectivity index (χ0n) is 9.51. The molecule has 0 bridgehead atoms. The van der Waals surface area contributed by atoms with Gasteiger partial charge in [0, 0.05) is 5.54 Å². The highest BCUT2D eigenvalue weighted by molar-refractivity contribution is 7.89. The maximum atomic E-state index is 13.3. The summed E-state index contributed by atoms with van der Waals surface area (Å²) in [4.78, 5) is -0.911. The Labute approximate surface area is 97.7 Å². The normalized spacial score (nSPS) is 12.8. The van der Waals surface area contributed by atoms with Crippen molar-refractivity contribution in [2.45, 2.75) is 31.2 Å². The molecule has 3 nitrogen and oxygen atoms in total. The Balaban J connectivity index is 3.31. The zero-order valence-corrected chi connectivity index (χ0v) is 10.3. The van der Waals surface area contributed by atoms with Crippen LogP contribution >= 0.6 is 0 Å². The predicted molar refractivity (Wildman–Crippen MR) is 56.4 cm³/mol. The van der Waals surface area contributed by atoms with Crippen LogP contribution in [0.15, 0.2) is 17.0 Å². The highest BCUT2D eigenvalue weighted by Gasteiger charge is 2.27. The van der Waals surface area contributed by atoms with Crippen LogP contribution in [0.1, 0.15) is 20.8 Å². The van der Waals surface area contributed by atoms with E-state index in [4.69, 9.17) is 0 Å². The second kappa shape index (κ2) is 4.30. The first-order valence-electron chi connectivity index (χ1n) is 4.72. The van der Waals surface area contributed by atoms with Crippen LogP contribution in [0.25, 0.3) is 0 Å². The number of rotatable bonds is 2. The summed E-state index contributed by atoms with van der Waals surface area (Å²) in [5.41, 5.74) is -0.851. The summed E-state index contributed by atoms with van der Waals surface area (Å²) in [5, 5.41) is 0. The lowest BCUT2D eigenvalue weighted by Crippen LogP contribution is -2.40. The quantitative estimate of drug-likeness (QED) is 0.835. The first kappa shape index (κ1) is 14.0. The van der Waals surface area contributed by atoms with E-state index < -0.39 is 37.9 Å². The van der Waals surface area contributed by atoms with Gasteiger partial charge < -0.3 is 0 Å². The highest BCUT2D eigenvalue weighted by Crippen LogP contribution is 2.20. The van der Waals surface area contributed by atoms with Crippen molar-refractivity contribution in [3.8, 4) is 0 Å². The molecule has 0 aliphatic carbocycles. The Kier molecular flexibility index (Phi) is 3.54. The molecule has 1 aromatic rings. The molecule has 0 aliphatic heterocycles. The molecule has 0 amide bonds. The summed E-state index contributed by atoms with van der Waals surface area (Å²) >= 11 is 0. The monoisotopic (exact) mass is 267 g/mol. The van der Waals surface area contributed by atoms with E-state index in [0.717, 1.165) is 0 Å². The number of hydrogen-bond donors (Lipinski definition) is 1. The Hall–Kier alpha value is -1.08. The van der Waals surface area contributed by atoms with Gasteiger partial charge >= 0.3 is 0 Å². The molecule has 0 aromatic heterocycles. The van der Waals surface area contributed by atoms with Crippen molar-refractivity contribution < 1.29 is 21.6 Å². The van der Waals surface area contributed by atoms with E-state index in [1.807, 2.05) is 0 Å². The predicted octanol–water partition coefficient (Wildman–Crippen LogP) is 2.18. The summed E-state index contributed by atoms with van der Waals surface area (Å²) in [6.45, 7) is 4.63. The molecule has 0 radical (unpaired) electrons. The first-order chi connectivity index (χ1) is 7.54. The van der Waals surface area contributed by atoms with E-state index in [1.54, 1.807) is 20.8 Å². The molecule has 0 heterocycles. The molecule has 0 atom stereocenters. The van der Waals surface area contributed by atoms with Crippen LogP contribution in [0.2, 0.25) is 0 Å². The van der Waals surface area contributed by atoms with Gasteiger partial charge in [-0.25, -0.2) is 26.3 Å². The van der Waals surface area contributed by atoms with Crippen LogP contribution in [0.4, 0.5) is 13.2 Å². The molecule has 7 heteroatoms. The maximum Gasteiger partial charge on any atom is 0.244 e. The van der Waals surface area contributed by atoms with E-state index in [1.165, 1.54) is 0 Å². The third-order valence-corrected chi connectivity index (χ3v) is 3.51. The van der Waals surface area contributed by atoms with Gasteiger partial charge in [-0.15, -0.1) is 0 Å². The van der Waals surface area contributed by atoms with E-state index in [9.17, 15) is 21.6 Å². The van der Waals surface area contributed by atoms with Crippen LogP contribution in [0.3, 0.4) is 0 Å². The van der Waals surface area contributed by atoms with Crippen molar-refractivity contribution in [3.63, 3.8) is 0 Å². The average Bonchev–Trinajstić information content (AvgIpc) is 2.09. The summed E-state index contributed by atoms with van der Waals surface area (Å²) in [6, 6.07) is 1.25. The first-order valence-corrected chi connectivity index (χ1v) is 6.20. The summed E-state index contributed by atoms with van der Waals surface area (Å²) < 4.78 is 64.4. The van der Waals surface area contributed by atoms with Gasteiger partial charge in [-0.1, -0.05) is 0 Å². The van der Waals surface area contributed by atoms with Crippen LogP contribution in [-0.4, -0.2) is 14.0 Å². The summed E-state index contributed by atoms with van der Waals surface area (Å²) in [6.07, 6.45) is 0. The van der Waals surface area contributed by atoms with Crippen LogP contribution in [0.5, 0.6) is 0 Å². The molecule has 96 valence electrons. The van der Waals surface area contributed by atoms with Crippen molar-refractivity contribution in [1.29, 1.82) is 0 Å². The third kappa shape index (κ3) is 3.19. The molecule has 0 fully saturated rings. The van der Waals surface area contributed by atoms with Crippen molar-refractivity contribution >= 4 is 10.0 Å². The fourth-order valence-electron chi connectivity index (χ4n) is 1.17. The smallest absolute Gasteiger partial charge is 0.207 e. The van der Waals surface area contributed by atoms with Gasteiger partial charge in [0.15, 0.2) is 17.5 Å². The third-order valence-electron chi connectivity index (χ3n) is 1.73. The van der Waals surface area contributed by atoms with Crippen molar-refractivity contribution in [1.82, 2.24) is 4.72 Å². The number of hydrogen-bond acceptors (Lipinski definition) is 2. The van der Waals surface area contributed by atoms with Gasteiger partial charge in [0.05, 0.1) is 0 Å². The lowest BCUT2D eigenvalue weighted by molar-refractivity contribution is 0.428. The molecule has 17 heavy (non-hydrogen) atoms. The number of benzene rings is 1. The lowest BCUT2D eigenvalue weighted by atomic mass is 10.1. The lowest BCUT2D eigenvalue weighted by Gasteiger charge is -2.20. The van der Waals surface area contributed by atoms with Gasteiger partial charge in [0.1, 0.15) is 4.90 Å². The topological polar surface area (TPSA) is 46.2 Å². The Morgan fingerprint density at radius 2 is 1.59 bits per heavy atom. The molecular weight excluding hydrogens is 255 g/mol. The minimum Gasteiger partial charge on any atom is -0.207 e. The molecule has 1 rings (SSSR count). The van der Waals surface area contributed by atoms with Crippen LogP contribution < -0.4 is 4.72 Å². The Bertz CT molecular complexity index is 535. The van der Waals surface area contributed by atoms with Gasteiger partial charge in [-0.2, -0.15) is 0 Å². The van der Waals surface area contributed by atoms with Gasteiger partial charge in [-0.05, 0) is 32.9 Å². The second-order valence-electron chi connectivity index (χ2n) is 4.53. The molecule has 0 unspecified atom stereocenters. The van der Waals surface area contributed by atoms with Crippen molar-refractivity contribution in [3.05, 3.63) is 29.6 Å². The fourth-order valence-corrected chi connectivity index (χ4v) is 2.66. The zero-order chi connectivity index (χ0) is 13.4. The largest absolute Gasteiger partial charge is 0.244 e. The highest BCUT2D eigenvalue weighted by atomic mass is 32.2. The minimum atomic E-state index is -4.22. The van der Waals surface area contributed by atoms with E-state index in [0.29, 0.717) is 12.1 Å². The molecule has 0 saturated carbocycles. The van der Waals surface area contributed by atoms with Crippen molar-refractivity contribution in [2.24, 2.45) is 0 Å². The second-order valence-corrected chi connectivity index (χ2v) is 6.18. The van der Waals surface area contributed by atoms with E-state index in [-0.39, 0.29) is 0 Å². The molecule has 0 saturated heterocycles.